The van der Waals surface area contributed by atoms with Crippen molar-refractivity contribution in [2.45, 2.75) is 19.8 Å². The minimum Gasteiger partial charge on any atom is -0.481 e. The van der Waals surface area contributed by atoms with E-state index in [4.69, 9.17) is 10.4 Å². The zero-order valence-corrected chi connectivity index (χ0v) is 8.34. The quantitative estimate of drug-likeness (QED) is 0.646. The molecule has 0 heterocycles. The number of hydrogen-bond acceptors (Lipinski definition) is 3. The Bertz CT molecular complexity index is 234. The van der Waals surface area contributed by atoms with Crippen LogP contribution in [0.15, 0.2) is 0 Å². The summed E-state index contributed by atoms with van der Waals surface area (Å²) in [7, 11) is -1.10. The zero-order valence-electron chi connectivity index (χ0n) is 7.52. The number of rotatable bonds is 6. The molecule has 74 valence electrons. The number of nitriles is 1. The maximum Gasteiger partial charge on any atom is 0.307 e. The predicted molar refractivity (Wildman–Crippen MR) is 49.5 cm³/mol. The van der Waals surface area contributed by atoms with E-state index in [9.17, 15) is 9.00 Å². The topological polar surface area (TPSA) is 78.2 Å². The van der Waals surface area contributed by atoms with Crippen LogP contribution < -0.4 is 0 Å². The van der Waals surface area contributed by atoms with Crippen molar-refractivity contribution in [1.29, 1.82) is 5.26 Å². The van der Waals surface area contributed by atoms with E-state index in [1.54, 1.807) is 0 Å². The first-order valence-corrected chi connectivity index (χ1v) is 5.51. The van der Waals surface area contributed by atoms with Gasteiger partial charge in [0.1, 0.15) is 0 Å². The lowest BCUT2D eigenvalue weighted by atomic mass is 10.2. The highest BCUT2D eigenvalue weighted by Gasteiger charge is 2.13. The highest BCUT2D eigenvalue weighted by Crippen LogP contribution is 2.00. The van der Waals surface area contributed by atoms with Crippen LogP contribution in [0.25, 0.3) is 0 Å². The largest absolute Gasteiger partial charge is 0.481 e. The van der Waals surface area contributed by atoms with Crippen molar-refractivity contribution >= 4 is 16.8 Å². The van der Waals surface area contributed by atoms with Crippen LogP contribution in [0.4, 0.5) is 0 Å². The summed E-state index contributed by atoms with van der Waals surface area (Å²) >= 11 is 0. The molecule has 4 nitrogen and oxygen atoms in total. The molecule has 0 aromatic carbocycles. The molecule has 0 fully saturated rings. The lowest BCUT2D eigenvalue weighted by molar-refractivity contribution is -0.140. The number of carbonyl (C=O) groups is 1. The second-order valence-electron chi connectivity index (χ2n) is 2.81. The van der Waals surface area contributed by atoms with Crippen LogP contribution in [0, 0.1) is 17.2 Å². The monoisotopic (exact) mass is 203 g/mol. The minimum absolute atomic E-state index is 0.181. The molecule has 2 unspecified atom stereocenters. The number of aliphatic carboxylic acids is 1. The number of hydrogen-bond donors (Lipinski definition) is 1. The van der Waals surface area contributed by atoms with Crippen LogP contribution >= 0.6 is 0 Å². The van der Waals surface area contributed by atoms with Gasteiger partial charge in [-0.15, -0.1) is 0 Å². The summed E-state index contributed by atoms with van der Waals surface area (Å²) in [6, 6.07) is 1.95. The Kier molecular flexibility index (Phi) is 6.15. The summed E-state index contributed by atoms with van der Waals surface area (Å²) in [5.74, 6) is -0.886. The third kappa shape index (κ3) is 6.29. The number of carboxylic acid groups (broad SMARTS) is 1. The van der Waals surface area contributed by atoms with Gasteiger partial charge >= 0.3 is 5.97 Å². The molecule has 0 rings (SSSR count). The second-order valence-corrected chi connectivity index (χ2v) is 4.43. The van der Waals surface area contributed by atoms with Crippen LogP contribution in [0.2, 0.25) is 0 Å². The summed E-state index contributed by atoms with van der Waals surface area (Å²) in [6.45, 7) is 1.53. The smallest absolute Gasteiger partial charge is 0.307 e. The molecular weight excluding hydrogens is 190 g/mol. The average Bonchev–Trinajstić information content (AvgIpc) is 2.04. The Morgan fingerprint density at radius 2 is 2.31 bits per heavy atom. The van der Waals surface area contributed by atoms with E-state index in [0.717, 1.165) is 0 Å². The maximum atomic E-state index is 11.2. The van der Waals surface area contributed by atoms with Crippen LogP contribution in [-0.2, 0) is 15.6 Å². The summed E-state index contributed by atoms with van der Waals surface area (Å²) in [6.07, 6.45) is 0.961. The van der Waals surface area contributed by atoms with Gasteiger partial charge in [-0.25, -0.2) is 0 Å². The van der Waals surface area contributed by atoms with E-state index in [1.807, 2.05) is 6.07 Å². The minimum atomic E-state index is -1.10. The SMILES string of the molecule is CC(CS(=O)CCCC#N)C(=O)O. The fraction of sp³-hybridized carbons (Fsp3) is 0.750. The van der Waals surface area contributed by atoms with Gasteiger partial charge in [0.15, 0.2) is 0 Å². The zero-order chi connectivity index (χ0) is 10.3. The summed E-state index contributed by atoms with van der Waals surface area (Å²) in [4.78, 5) is 10.4. The van der Waals surface area contributed by atoms with E-state index in [0.29, 0.717) is 18.6 Å². The molecule has 5 heteroatoms. The molecule has 0 aliphatic rings. The Morgan fingerprint density at radius 1 is 1.69 bits per heavy atom. The molecule has 13 heavy (non-hydrogen) atoms. The molecule has 0 aliphatic heterocycles. The van der Waals surface area contributed by atoms with Gasteiger partial charge in [-0.2, -0.15) is 5.26 Å². The predicted octanol–water partition coefficient (Wildman–Crippen LogP) is 0.760. The van der Waals surface area contributed by atoms with Gasteiger partial charge in [0.05, 0.1) is 12.0 Å². The molecule has 0 saturated carbocycles. The molecule has 0 aliphatic carbocycles. The van der Waals surface area contributed by atoms with Gasteiger partial charge in [-0.05, 0) is 6.42 Å². The van der Waals surface area contributed by atoms with Crippen molar-refractivity contribution in [3.05, 3.63) is 0 Å². The molecule has 0 spiro atoms. The molecular formula is C8H13NO3S. The highest BCUT2D eigenvalue weighted by molar-refractivity contribution is 7.85. The lowest BCUT2D eigenvalue weighted by Crippen LogP contribution is -2.18. The average molecular weight is 203 g/mol. The Labute approximate surface area is 80.0 Å². The first-order chi connectivity index (χ1) is 6.07. The Balaban J connectivity index is 3.63. The van der Waals surface area contributed by atoms with Gasteiger partial charge in [-0.3, -0.25) is 9.00 Å². The van der Waals surface area contributed by atoms with E-state index in [1.165, 1.54) is 6.92 Å². The van der Waals surface area contributed by atoms with E-state index >= 15 is 0 Å². The molecule has 0 bridgehead atoms. The van der Waals surface area contributed by atoms with Crippen molar-refractivity contribution in [3.63, 3.8) is 0 Å². The molecule has 2 atom stereocenters. The summed E-state index contributed by atoms with van der Waals surface area (Å²) < 4.78 is 11.2. The second kappa shape index (κ2) is 6.61. The van der Waals surface area contributed by atoms with Gasteiger partial charge < -0.3 is 5.11 Å². The molecule has 0 aromatic rings. The Hall–Kier alpha value is -0.890. The van der Waals surface area contributed by atoms with Crippen molar-refractivity contribution in [2.24, 2.45) is 5.92 Å². The molecule has 1 N–H and O–H groups in total. The van der Waals surface area contributed by atoms with Crippen molar-refractivity contribution in [2.75, 3.05) is 11.5 Å². The third-order valence-electron chi connectivity index (χ3n) is 1.52. The number of carboxylic acids is 1. The van der Waals surface area contributed by atoms with Crippen molar-refractivity contribution in [3.8, 4) is 6.07 Å². The third-order valence-corrected chi connectivity index (χ3v) is 3.13. The van der Waals surface area contributed by atoms with Gasteiger partial charge in [0.25, 0.3) is 0 Å². The molecule has 0 saturated heterocycles. The van der Waals surface area contributed by atoms with E-state index in [2.05, 4.69) is 0 Å². The Morgan fingerprint density at radius 3 is 2.77 bits per heavy atom. The maximum absolute atomic E-state index is 11.2. The van der Waals surface area contributed by atoms with E-state index < -0.39 is 22.7 Å². The normalized spacial score (nSPS) is 14.5. The molecule has 0 radical (unpaired) electrons. The number of nitrogens with zero attached hydrogens (tertiary/aromatic N) is 1. The van der Waals surface area contributed by atoms with Crippen LogP contribution in [-0.4, -0.2) is 26.8 Å². The van der Waals surface area contributed by atoms with Crippen LogP contribution in [0.3, 0.4) is 0 Å². The van der Waals surface area contributed by atoms with Crippen molar-refractivity contribution < 1.29 is 14.1 Å². The summed E-state index contributed by atoms with van der Waals surface area (Å²) in [5, 5.41) is 16.7. The highest BCUT2D eigenvalue weighted by atomic mass is 32.2. The molecule has 0 aromatic heterocycles. The van der Waals surface area contributed by atoms with Crippen molar-refractivity contribution in [1.82, 2.24) is 0 Å². The fourth-order valence-corrected chi connectivity index (χ4v) is 2.08. The van der Waals surface area contributed by atoms with E-state index in [-0.39, 0.29) is 5.75 Å². The first-order valence-electron chi connectivity index (χ1n) is 4.02. The van der Waals surface area contributed by atoms with Gasteiger partial charge in [0.2, 0.25) is 0 Å². The van der Waals surface area contributed by atoms with Gasteiger partial charge in [0, 0.05) is 28.7 Å². The van der Waals surface area contributed by atoms with Crippen LogP contribution in [0.5, 0.6) is 0 Å². The fourth-order valence-electron chi connectivity index (χ4n) is 0.746. The standard InChI is InChI=1S/C8H13NO3S/c1-7(8(10)11)6-13(12)5-3-2-4-9/h7H,2-3,5-6H2,1H3,(H,10,11). The summed E-state index contributed by atoms with van der Waals surface area (Å²) in [5.41, 5.74) is 0. The first kappa shape index (κ1) is 12.1. The van der Waals surface area contributed by atoms with Crippen LogP contribution in [0.1, 0.15) is 19.8 Å². The number of unbranched alkanes of at least 4 members (excludes halogenated alkanes) is 1. The van der Waals surface area contributed by atoms with Gasteiger partial charge in [-0.1, -0.05) is 6.92 Å². The molecule has 0 amide bonds. The lowest BCUT2D eigenvalue weighted by Gasteiger charge is -2.04.